The standard InChI is InChI=1S/C12H12BrNO/c1-3-9-4-5-10(7-14)11(6-9)12(15)8(2)13/h4-6,8H,3H2,1-2H3. The summed E-state index contributed by atoms with van der Waals surface area (Å²) in [7, 11) is 0. The molecule has 1 unspecified atom stereocenters. The van der Waals surface area contributed by atoms with E-state index in [1.165, 1.54) is 0 Å². The van der Waals surface area contributed by atoms with Gasteiger partial charge in [-0.15, -0.1) is 0 Å². The summed E-state index contributed by atoms with van der Waals surface area (Å²) in [4.78, 5) is 11.5. The number of hydrogen-bond donors (Lipinski definition) is 0. The van der Waals surface area contributed by atoms with E-state index in [1.54, 1.807) is 19.1 Å². The second-order valence-corrected chi connectivity index (χ2v) is 4.70. The summed E-state index contributed by atoms with van der Waals surface area (Å²) in [6.07, 6.45) is 0.864. The Balaban J connectivity index is 3.25. The molecule has 15 heavy (non-hydrogen) atoms. The van der Waals surface area contributed by atoms with Crippen molar-refractivity contribution in [3.63, 3.8) is 0 Å². The Kier molecular flexibility index (Phi) is 4.05. The molecular weight excluding hydrogens is 254 g/mol. The molecule has 1 rings (SSSR count). The molecule has 0 aliphatic heterocycles. The first kappa shape index (κ1) is 11.9. The Morgan fingerprint density at radius 2 is 2.27 bits per heavy atom. The molecule has 0 spiro atoms. The molecule has 0 N–H and O–H groups in total. The van der Waals surface area contributed by atoms with E-state index in [0.29, 0.717) is 11.1 Å². The zero-order valence-corrected chi connectivity index (χ0v) is 10.3. The van der Waals surface area contributed by atoms with Gasteiger partial charge in [-0.2, -0.15) is 5.26 Å². The summed E-state index contributed by atoms with van der Waals surface area (Å²) in [6, 6.07) is 7.44. The van der Waals surface area contributed by atoms with Crippen LogP contribution in [0.3, 0.4) is 0 Å². The number of rotatable bonds is 3. The van der Waals surface area contributed by atoms with E-state index >= 15 is 0 Å². The summed E-state index contributed by atoms with van der Waals surface area (Å²) in [5, 5.41) is 8.90. The van der Waals surface area contributed by atoms with E-state index in [0.717, 1.165) is 12.0 Å². The quantitative estimate of drug-likeness (QED) is 0.623. The van der Waals surface area contributed by atoms with Gasteiger partial charge in [-0.05, 0) is 31.0 Å². The molecule has 0 bridgehead atoms. The van der Waals surface area contributed by atoms with Crippen LogP contribution in [0.15, 0.2) is 18.2 Å². The molecule has 2 nitrogen and oxygen atoms in total. The Labute approximate surface area is 98.0 Å². The van der Waals surface area contributed by atoms with Gasteiger partial charge in [0, 0.05) is 5.56 Å². The number of halogens is 1. The van der Waals surface area contributed by atoms with Gasteiger partial charge in [-0.25, -0.2) is 0 Å². The maximum absolute atomic E-state index is 11.8. The Morgan fingerprint density at radius 3 is 2.73 bits per heavy atom. The average Bonchev–Trinajstić information content (AvgIpc) is 2.27. The molecule has 3 heteroatoms. The number of alkyl halides is 1. The van der Waals surface area contributed by atoms with Gasteiger partial charge in [0.25, 0.3) is 0 Å². The minimum absolute atomic E-state index is 0.0400. The Hall–Kier alpha value is -1.14. The number of benzene rings is 1. The predicted octanol–water partition coefficient (Wildman–Crippen LogP) is 3.09. The summed E-state index contributed by atoms with van der Waals surface area (Å²) in [5.74, 6) is -0.0400. The number of carbonyl (C=O) groups excluding carboxylic acids is 1. The van der Waals surface area contributed by atoms with Crippen LogP contribution in [0.25, 0.3) is 0 Å². The van der Waals surface area contributed by atoms with E-state index in [9.17, 15) is 4.79 Å². The van der Waals surface area contributed by atoms with E-state index in [4.69, 9.17) is 5.26 Å². The van der Waals surface area contributed by atoms with E-state index in [-0.39, 0.29) is 10.6 Å². The van der Waals surface area contributed by atoms with Crippen molar-refractivity contribution in [1.82, 2.24) is 0 Å². The third kappa shape index (κ3) is 2.66. The van der Waals surface area contributed by atoms with Crippen molar-refractivity contribution in [3.8, 4) is 6.07 Å². The zero-order valence-electron chi connectivity index (χ0n) is 8.75. The molecule has 0 aliphatic rings. The molecule has 0 aliphatic carbocycles. The highest BCUT2D eigenvalue weighted by Crippen LogP contribution is 2.16. The summed E-state index contributed by atoms with van der Waals surface area (Å²) < 4.78 is 0. The second kappa shape index (κ2) is 5.09. The van der Waals surface area contributed by atoms with Crippen LogP contribution >= 0.6 is 15.9 Å². The first-order valence-electron chi connectivity index (χ1n) is 4.81. The van der Waals surface area contributed by atoms with Crippen LogP contribution in [0.5, 0.6) is 0 Å². The van der Waals surface area contributed by atoms with Crippen LogP contribution in [0.2, 0.25) is 0 Å². The van der Waals surface area contributed by atoms with Crippen molar-refractivity contribution in [1.29, 1.82) is 5.26 Å². The van der Waals surface area contributed by atoms with Crippen LogP contribution in [0.1, 0.15) is 35.3 Å². The lowest BCUT2D eigenvalue weighted by Gasteiger charge is -2.06. The molecule has 0 heterocycles. The number of aryl methyl sites for hydroxylation is 1. The lowest BCUT2D eigenvalue weighted by atomic mass is 9.99. The Morgan fingerprint density at radius 1 is 1.60 bits per heavy atom. The number of ketones is 1. The smallest absolute Gasteiger partial charge is 0.177 e. The van der Waals surface area contributed by atoms with Crippen molar-refractivity contribution in [3.05, 3.63) is 34.9 Å². The van der Waals surface area contributed by atoms with Crippen molar-refractivity contribution < 1.29 is 4.79 Å². The SMILES string of the molecule is CCc1ccc(C#N)c(C(=O)C(C)Br)c1. The van der Waals surface area contributed by atoms with Crippen molar-refractivity contribution in [2.45, 2.75) is 25.1 Å². The van der Waals surface area contributed by atoms with Crippen molar-refractivity contribution in [2.75, 3.05) is 0 Å². The number of hydrogen-bond acceptors (Lipinski definition) is 2. The lowest BCUT2D eigenvalue weighted by Crippen LogP contribution is -2.12. The number of carbonyl (C=O) groups is 1. The van der Waals surface area contributed by atoms with Gasteiger partial charge >= 0.3 is 0 Å². The first-order chi connectivity index (χ1) is 7.10. The zero-order chi connectivity index (χ0) is 11.4. The minimum Gasteiger partial charge on any atom is -0.293 e. The highest BCUT2D eigenvalue weighted by Gasteiger charge is 2.16. The molecule has 0 fully saturated rings. The molecule has 1 aromatic rings. The first-order valence-corrected chi connectivity index (χ1v) is 5.73. The van der Waals surface area contributed by atoms with E-state index in [2.05, 4.69) is 15.9 Å². The maximum Gasteiger partial charge on any atom is 0.177 e. The average molecular weight is 266 g/mol. The topological polar surface area (TPSA) is 40.9 Å². The fourth-order valence-corrected chi connectivity index (χ4v) is 1.57. The molecule has 0 saturated heterocycles. The van der Waals surface area contributed by atoms with Crippen LogP contribution in [0.4, 0.5) is 0 Å². The highest BCUT2D eigenvalue weighted by atomic mass is 79.9. The predicted molar refractivity (Wildman–Crippen MR) is 63.3 cm³/mol. The van der Waals surface area contributed by atoms with Crippen LogP contribution in [0, 0.1) is 11.3 Å². The van der Waals surface area contributed by atoms with Gasteiger partial charge in [-0.1, -0.05) is 28.9 Å². The second-order valence-electron chi connectivity index (χ2n) is 3.33. The maximum atomic E-state index is 11.8. The fraction of sp³-hybridized carbons (Fsp3) is 0.333. The van der Waals surface area contributed by atoms with Gasteiger partial charge in [0.1, 0.15) is 0 Å². The van der Waals surface area contributed by atoms with Gasteiger partial charge in [-0.3, -0.25) is 4.79 Å². The van der Waals surface area contributed by atoms with Gasteiger partial charge in [0.2, 0.25) is 0 Å². The normalized spacial score (nSPS) is 11.9. The molecule has 0 radical (unpaired) electrons. The molecule has 0 amide bonds. The summed E-state index contributed by atoms with van der Waals surface area (Å²) >= 11 is 3.23. The van der Waals surface area contributed by atoms with Crippen LogP contribution in [-0.2, 0) is 6.42 Å². The van der Waals surface area contributed by atoms with Gasteiger partial charge in [0.15, 0.2) is 5.78 Å². The van der Waals surface area contributed by atoms with Gasteiger partial charge in [0.05, 0.1) is 16.5 Å². The third-order valence-corrected chi connectivity index (χ3v) is 2.66. The van der Waals surface area contributed by atoms with Crippen molar-refractivity contribution >= 4 is 21.7 Å². The minimum atomic E-state index is -0.253. The number of nitriles is 1. The largest absolute Gasteiger partial charge is 0.293 e. The molecule has 0 saturated carbocycles. The molecular formula is C12H12BrNO. The lowest BCUT2D eigenvalue weighted by molar-refractivity contribution is 0.0995. The monoisotopic (exact) mass is 265 g/mol. The summed E-state index contributed by atoms with van der Waals surface area (Å²) in [6.45, 7) is 3.79. The van der Waals surface area contributed by atoms with Crippen LogP contribution in [-0.4, -0.2) is 10.6 Å². The van der Waals surface area contributed by atoms with Crippen molar-refractivity contribution in [2.24, 2.45) is 0 Å². The highest BCUT2D eigenvalue weighted by molar-refractivity contribution is 9.10. The fourth-order valence-electron chi connectivity index (χ4n) is 1.33. The van der Waals surface area contributed by atoms with Crippen LogP contribution < -0.4 is 0 Å². The molecule has 78 valence electrons. The number of Topliss-reactive ketones (excluding diaryl/α,β-unsaturated/α-hetero) is 1. The third-order valence-electron chi connectivity index (χ3n) is 2.24. The van der Waals surface area contributed by atoms with E-state index in [1.807, 2.05) is 19.1 Å². The Bertz CT molecular complexity index is 418. The molecule has 0 aromatic heterocycles. The van der Waals surface area contributed by atoms with E-state index < -0.39 is 0 Å². The molecule has 1 atom stereocenters. The summed E-state index contributed by atoms with van der Waals surface area (Å²) in [5.41, 5.74) is 2.04. The molecule has 1 aromatic carbocycles. The van der Waals surface area contributed by atoms with Gasteiger partial charge < -0.3 is 0 Å². The number of nitrogens with zero attached hydrogens (tertiary/aromatic N) is 1.